The van der Waals surface area contributed by atoms with Gasteiger partial charge in [-0.05, 0) is 18.2 Å². The van der Waals surface area contributed by atoms with E-state index in [-0.39, 0.29) is 17.7 Å². The average Bonchev–Trinajstić information content (AvgIpc) is 2.16. The molecule has 1 rings (SSSR count). The summed E-state index contributed by atoms with van der Waals surface area (Å²) in [7, 11) is 0. The van der Waals surface area contributed by atoms with Gasteiger partial charge >= 0.3 is 6.18 Å². The van der Waals surface area contributed by atoms with E-state index >= 15 is 0 Å². The molecule has 1 aromatic rings. The third kappa shape index (κ3) is 2.72. The maximum absolute atomic E-state index is 12.4. The SMILES string of the molecule is NC(=O)c1cc(NC=O)cc(C(F)(F)F)c1. The number of anilines is 1. The van der Waals surface area contributed by atoms with Gasteiger partial charge in [0.15, 0.2) is 0 Å². The van der Waals surface area contributed by atoms with E-state index in [0.717, 1.165) is 6.07 Å². The quantitative estimate of drug-likeness (QED) is 0.772. The van der Waals surface area contributed by atoms with Crippen molar-refractivity contribution in [3.05, 3.63) is 29.3 Å². The summed E-state index contributed by atoms with van der Waals surface area (Å²) < 4.78 is 37.2. The number of hydrogen-bond acceptors (Lipinski definition) is 2. The number of halogens is 3. The summed E-state index contributed by atoms with van der Waals surface area (Å²) in [5.74, 6) is -1.000. The first-order valence-electron chi connectivity index (χ1n) is 4.07. The summed E-state index contributed by atoms with van der Waals surface area (Å²) >= 11 is 0. The minimum Gasteiger partial charge on any atom is -0.366 e. The van der Waals surface area contributed by atoms with Gasteiger partial charge in [-0.25, -0.2) is 0 Å². The topological polar surface area (TPSA) is 72.2 Å². The number of hydrogen-bond donors (Lipinski definition) is 2. The Morgan fingerprint density at radius 2 is 1.94 bits per heavy atom. The van der Waals surface area contributed by atoms with Crippen LogP contribution >= 0.6 is 0 Å². The predicted octanol–water partition coefficient (Wildman–Crippen LogP) is 1.37. The van der Waals surface area contributed by atoms with Crippen LogP contribution in [0.5, 0.6) is 0 Å². The molecule has 86 valence electrons. The van der Waals surface area contributed by atoms with Crippen LogP contribution in [0.3, 0.4) is 0 Å². The van der Waals surface area contributed by atoms with Crippen molar-refractivity contribution in [2.45, 2.75) is 6.18 Å². The Kier molecular flexibility index (Phi) is 3.17. The van der Waals surface area contributed by atoms with Gasteiger partial charge in [-0.2, -0.15) is 13.2 Å². The van der Waals surface area contributed by atoms with Gasteiger partial charge in [0.1, 0.15) is 0 Å². The smallest absolute Gasteiger partial charge is 0.366 e. The van der Waals surface area contributed by atoms with Gasteiger partial charge in [-0.15, -0.1) is 0 Å². The third-order valence-electron chi connectivity index (χ3n) is 1.77. The van der Waals surface area contributed by atoms with Crippen molar-refractivity contribution in [2.24, 2.45) is 5.73 Å². The molecule has 0 heterocycles. The highest BCUT2D eigenvalue weighted by molar-refractivity contribution is 5.94. The first kappa shape index (κ1) is 12.0. The number of nitrogens with one attached hydrogen (secondary N) is 1. The van der Waals surface area contributed by atoms with E-state index in [2.05, 4.69) is 0 Å². The van der Waals surface area contributed by atoms with Gasteiger partial charge in [0, 0.05) is 11.3 Å². The second kappa shape index (κ2) is 4.21. The molecule has 0 bridgehead atoms. The summed E-state index contributed by atoms with van der Waals surface area (Å²) in [4.78, 5) is 20.9. The van der Waals surface area contributed by atoms with Crippen LogP contribution in [0.1, 0.15) is 15.9 Å². The molecule has 0 aliphatic carbocycles. The molecule has 7 heteroatoms. The molecule has 0 unspecified atom stereocenters. The number of primary amides is 1. The summed E-state index contributed by atoms with van der Waals surface area (Å²) in [5, 5.41) is 2.03. The van der Waals surface area contributed by atoms with Crippen LogP contribution in [0.2, 0.25) is 0 Å². The van der Waals surface area contributed by atoms with E-state index in [9.17, 15) is 22.8 Å². The zero-order valence-corrected chi connectivity index (χ0v) is 7.84. The van der Waals surface area contributed by atoms with Gasteiger partial charge < -0.3 is 11.1 Å². The Morgan fingerprint density at radius 1 is 1.31 bits per heavy atom. The summed E-state index contributed by atoms with van der Waals surface area (Å²) in [6.07, 6.45) is -4.40. The molecule has 0 radical (unpaired) electrons. The monoisotopic (exact) mass is 232 g/mol. The highest BCUT2D eigenvalue weighted by atomic mass is 19.4. The lowest BCUT2D eigenvalue weighted by molar-refractivity contribution is -0.137. The second-order valence-electron chi connectivity index (χ2n) is 2.92. The van der Waals surface area contributed by atoms with Gasteiger partial charge in [0.05, 0.1) is 5.56 Å². The number of rotatable bonds is 3. The van der Waals surface area contributed by atoms with Crippen molar-refractivity contribution in [2.75, 3.05) is 5.32 Å². The maximum Gasteiger partial charge on any atom is 0.416 e. The van der Waals surface area contributed by atoms with Gasteiger partial charge in [-0.3, -0.25) is 9.59 Å². The lowest BCUT2D eigenvalue weighted by Gasteiger charge is -2.10. The van der Waals surface area contributed by atoms with Crippen molar-refractivity contribution < 1.29 is 22.8 Å². The van der Waals surface area contributed by atoms with Crippen LogP contribution in [-0.4, -0.2) is 12.3 Å². The van der Waals surface area contributed by atoms with Crippen molar-refractivity contribution in [1.29, 1.82) is 0 Å². The van der Waals surface area contributed by atoms with E-state index in [0.29, 0.717) is 12.1 Å². The molecule has 16 heavy (non-hydrogen) atoms. The number of amides is 2. The van der Waals surface area contributed by atoms with Crippen LogP contribution in [0, 0.1) is 0 Å². The predicted molar refractivity (Wildman–Crippen MR) is 49.6 cm³/mol. The van der Waals surface area contributed by atoms with Crippen LogP contribution in [0.15, 0.2) is 18.2 Å². The number of carbonyl (C=O) groups is 2. The second-order valence-corrected chi connectivity index (χ2v) is 2.92. The van der Waals surface area contributed by atoms with Crippen molar-refractivity contribution in [1.82, 2.24) is 0 Å². The van der Waals surface area contributed by atoms with E-state index in [1.54, 1.807) is 0 Å². The first-order chi connectivity index (χ1) is 7.34. The highest BCUT2D eigenvalue weighted by Crippen LogP contribution is 2.31. The summed E-state index contributed by atoms with van der Waals surface area (Å²) in [6.45, 7) is 0. The minimum atomic E-state index is -4.61. The minimum absolute atomic E-state index is 0.140. The zero-order valence-electron chi connectivity index (χ0n) is 7.84. The van der Waals surface area contributed by atoms with Crippen molar-refractivity contribution in [3.8, 4) is 0 Å². The molecule has 0 aliphatic rings. The lowest BCUT2D eigenvalue weighted by atomic mass is 10.1. The maximum atomic E-state index is 12.4. The molecule has 0 saturated carbocycles. The molecule has 0 aliphatic heterocycles. The molecular formula is C9H7F3N2O2. The van der Waals surface area contributed by atoms with Crippen LogP contribution in [-0.2, 0) is 11.0 Å². The molecule has 0 atom stereocenters. The molecule has 2 amide bonds. The van der Waals surface area contributed by atoms with Crippen LogP contribution in [0.25, 0.3) is 0 Å². The molecule has 0 fully saturated rings. The fraction of sp³-hybridized carbons (Fsp3) is 0.111. The van der Waals surface area contributed by atoms with Crippen molar-refractivity contribution >= 4 is 18.0 Å². The molecular weight excluding hydrogens is 225 g/mol. The third-order valence-corrected chi connectivity index (χ3v) is 1.77. The summed E-state index contributed by atoms with van der Waals surface area (Å²) in [5.41, 5.74) is 3.36. The molecule has 1 aromatic carbocycles. The Balaban J connectivity index is 3.29. The molecule has 4 nitrogen and oxygen atoms in total. The Morgan fingerprint density at radius 3 is 2.38 bits per heavy atom. The number of benzene rings is 1. The zero-order chi connectivity index (χ0) is 12.3. The lowest BCUT2D eigenvalue weighted by Crippen LogP contribution is -2.14. The van der Waals surface area contributed by atoms with E-state index in [1.807, 2.05) is 5.32 Å². The molecule has 0 saturated heterocycles. The van der Waals surface area contributed by atoms with E-state index < -0.39 is 17.6 Å². The fourth-order valence-corrected chi connectivity index (χ4v) is 1.08. The summed E-state index contributed by atoms with van der Waals surface area (Å²) in [6, 6.07) is 2.39. The first-order valence-corrected chi connectivity index (χ1v) is 4.07. The highest BCUT2D eigenvalue weighted by Gasteiger charge is 2.31. The number of alkyl halides is 3. The van der Waals surface area contributed by atoms with E-state index in [1.165, 1.54) is 0 Å². The van der Waals surface area contributed by atoms with Gasteiger partial charge in [-0.1, -0.05) is 0 Å². The van der Waals surface area contributed by atoms with Gasteiger partial charge in [0.2, 0.25) is 12.3 Å². The average molecular weight is 232 g/mol. The van der Waals surface area contributed by atoms with Gasteiger partial charge in [0.25, 0.3) is 0 Å². The Bertz CT molecular complexity index is 429. The Labute approximate surface area is 88.2 Å². The van der Waals surface area contributed by atoms with E-state index in [4.69, 9.17) is 5.73 Å². The molecule has 0 spiro atoms. The number of nitrogens with two attached hydrogens (primary N) is 1. The fourth-order valence-electron chi connectivity index (χ4n) is 1.08. The number of carbonyl (C=O) groups excluding carboxylic acids is 2. The normalized spacial score (nSPS) is 10.9. The van der Waals surface area contributed by atoms with Crippen LogP contribution in [0.4, 0.5) is 18.9 Å². The van der Waals surface area contributed by atoms with Crippen LogP contribution < -0.4 is 11.1 Å². The van der Waals surface area contributed by atoms with Crippen molar-refractivity contribution in [3.63, 3.8) is 0 Å². The Hall–Kier alpha value is -2.05. The molecule has 3 N–H and O–H groups in total. The largest absolute Gasteiger partial charge is 0.416 e. The standard InChI is InChI=1S/C9H7F3N2O2/c10-9(11,12)6-1-5(8(13)16)2-7(3-6)14-4-15/h1-4H,(H2,13,16)(H,14,15). The molecule has 0 aromatic heterocycles.